The second-order valence-corrected chi connectivity index (χ2v) is 9.18. The van der Waals surface area contributed by atoms with E-state index in [9.17, 15) is 0 Å². The van der Waals surface area contributed by atoms with Crippen molar-refractivity contribution in [2.24, 2.45) is 0 Å². The van der Waals surface area contributed by atoms with Crippen LogP contribution in [0, 0.1) is 0 Å². The van der Waals surface area contributed by atoms with Gasteiger partial charge in [-0.2, -0.15) is 0 Å². The Balaban J connectivity index is 1.23. The number of nitrogens with zero attached hydrogens (tertiary/aromatic N) is 4. The molecule has 2 aromatic rings. The molecule has 2 aliphatic rings. The zero-order valence-electron chi connectivity index (χ0n) is 16.8. The van der Waals surface area contributed by atoms with Gasteiger partial charge in [-0.1, -0.05) is 30.3 Å². The minimum absolute atomic E-state index is 0.656. The van der Waals surface area contributed by atoms with Gasteiger partial charge in [-0.15, -0.1) is 0 Å². The average Bonchev–Trinajstić information content (AvgIpc) is 2.73. The summed E-state index contributed by atoms with van der Waals surface area (Å²) >= 11 is 3.46. The quantitative estimate of drug-likeness (QED) is 0.697. The summed E-state index contributed by atoms with van der Waals surface area (Å²) in [7, 11) is 0. The fourth-order valence-electron chi connectivity index (χ4n) is 4.60. The fourth-order valence-corrected chi connectivity index (χ4v) is 4.83. The van der Waals surface area contributed by atoms with Crippen LogP contribution >= 0.6 is 15.9 Å². The van der Waals surface area contributed by atoms with E-state index < -0.39 is 0 Å². The molecule has 4 rings (SSSR count). The average molecular weight is 443 g/mol. The summed E-state index contributed by atoms with van der Waals surface area (Å²) in [4.78, 5) is 12.5. The summed E-state index contributed by atoms with van der Waals surface area (Å²) in [6.45, 7) is 10.3. The molecule has 4 nitrogen and oxygen atoms in total. The van der Waals surface area contributed by atoms with E-state index in [4.69, 9.17) is 0 Å². The molecule has 0 unspecified atom stereocenters. The van der Waals surface area contributed by atoms with Gasteiger partial charge < -0.3 is 0 Å². The Labute approximate surface area is 177 Å². The number of hydrogen-bond donors (Lipinski definition) is 0. The number of benzene rings is 1. The number of hydrogen-bond acceptors (Lipinski definition) is 4. The lowest BCUT2D eigenvalue weighted by molar-refractivity contribution is 0.0341. The van der Waals surface area contributed by atoms with Crippen molar-refractivity contribution in [3.8, 4) is 0 Å². The summed E-state index contributed by atoms with van der Waals surface area (Å²) in [5, 5.41) is 0. The van der Waals surface area contributed by atoms with Gasteiger partial charge in [0.15, 0.2) is 0 Å². The molecule has 0 bridgehead atoms. The number of likely N-dealkylation sites (tertiary alicyclic amines) is 1. The Kier molecular flexibility index (Phi) is 6.78. The van der Waals surface area contributed by atoms with Gasteiger partial charge in [0.2, 0.25) is 0 Å². The molecule has 0 radical (unpaired) electrons. The number of piperidine rings is 1. The molecule has 0 spiro atoms. The molecule has 150 valence electrons. The van der Waals surface area contributed by atoms with Crippen molar-refractivity contribution in [2.45, 2.75) is 44.9 Å². The summed E-state index contributed by atoms with van der Waals surface area (Å²) < 4.78 is 1.05. The van der Waals surface area contributed by atoms with Crippen molar-refractivity contribution in [3.05, 3.63) is 64.4 Å². The summed E-state index contributed by atoms with van der Waals surface area (Å²) in [6.07, 6.45) is 4.49. The third kappa shape index (κ3) is 5.20. The lowest BCUT2D eigenvalue weighted by Crippen LogP contribution is -2.54. The van der Waals surface area contributed by atoms with Crippen molar-refractivity contribution in [3.63, 3.8) is 0 Å². The number of aromatic nitrogens is 1. The largest absolute Gasteiger partial charge is 0.298 e. The second-order valence-electron chi connectivity index (χ2n) is 8.26. The van der Waals surface area contributed by atoms with Gasteiger partial charge in [0, 0.05) is 68.6 Å². The van der Waals surface area contributed by atoms with E-state index in [0.29, 0.717) is 6.04 Å². The van der Waals surface area contributed by atoms with Crippen molar-refractivity contribution in [2.75, 3.05) is 32.7 Å². The van der Waals surface area contributed by atoms with Crippen molar-refractivity contribution >= 4 is 15.9 Å². The summed E-state index contributed by atoms with van der Waals surface area (Å²) in [5.74, 6) is 0. The van der Waals surface area contributed by atoms with E-state index in [1.165, 1.54) is 43.7 Å². The van der Waals surface area contributed by atoms with Crippen LogP contribution in [0.15, 0.2) is 53.1 Å². The Morgan fingerprint density at radius 2 is 1.75 bits per heavy atom. The van der Waals surface area contributed by atoms with E-state index in [1.54, 1.807) is 0 Å². The van der Waals surface area contributed by atoms with Crippen LogP contribution in [0.1, 0.15) is 31.0 Å². The van der Waals surface area contributed by atoms with Crippen LogP contribution < -0.4 is 0 Å². The van der Waals surface area contributed by atoms with Crippen molar-refractivity contribution < 1.29 is 0 Å². The number of piperazine rings is 1. The maximum absolute atomic E-state index is 4.53. The van der Waals surface area contributed by atoms with Crippen LogP contribution in [0.25, 0.3) is 0 Å². The third-order valence-corrected chi connectivity index (χ3v) is 6.78. The van der Waals surface area contributed by atoms with Crippen LogP contribution in [-0.4, -0.2) is 64.5 Å². The van der Waals surface area contributed by atoms with E-state index in [-0.39, 0.29) is 0 Å². The first-order valence-corrected chi connectivity index (χ1v) is 11.3. The third-order valence-electron chi connectivity index (χ3n) is 6.31. The fraction of sp³-hybridized carbons (Fsp3) is 0.522. The second kappa shape index (κ2) is 9.49. The van der Waals surface area contributed by atoms with Crippen molar-refractivity contribution in [1.82, 2.24) is 19.7 Å². The highest BCUT2D eigenvalue weighted by molar-refractivity contribution is 9.10. The summed E-state index contributed by atoms with van der Waals surface area (Å²) in [6, 6.07) is 16.5. The van der Waals surface area contributed by atoms with Crippen LogP contribution in [0.4, 0.5) is 0 Å². The molecular formula is C23H31BrN4. The Bertz CT molecular complexity index is 728. The van der Waals surface area contributed by atoms with E-state index >= 15 is 0 Å². The van der Waals surface area contributed by atoms with Crippen molar-refractivity contribution in [1.29, 1.82) is 0 Å². The molecule has 2 fully saturated rings. The molecule has 2 atom stereocenters. The highest BCUT2D eigenvalue weighted by atomic mass is 79.9. The molecule has 1 aromatic carbocycles. The van der Waals surface area contributed by atoms with Gasteiger partial charge >= 0.3 is 0 Å². The molecule has 0 N–H and O–H groups in total. The highest BCUT2D eigenvalue weighted by Gasteiger charge is 2.31. The standard InChI is InChI=1S/C23H31BrN4/c1-19-15-23(9-10-28(19)17-20-5-3-2-4-6-20)27-13-11-26(12-14-27)18-22-8-7-21(24)16-25-22/h2-8,16,19,23H,9-15,17-18H2,1H3/t19-,23+/m1/s1. The topological polar surface area (TPSA) is 22.6 Å². The molecule has 3 heterocycles. The van der Waals surface area contributed by atoms with Gasteiger partial charge in [0.05, 0.1) is 5.69 Å². The summed E-state index contributed by atoms with van der Waals surface area (Å²) in [5.41, 5.74) is 2.60. The maximum Gasteiger partial charge on any atom is 0.0544 e. The molecule has 2 aliphatic heterocycles. The lowest BCUT2D eigenvalue weighted by Gasteiger charge is -2.45. The lowest BCUT2D eigenvalue weighted by atomic mass is 9.95. The zero-order valence-corrected chi connectivity index (χ0v) is 18.4. The Morgan fingerprint density at radius 1 is 0.964 bits per heavy atom. The SMILES string of the molecule is C[C@@H]1C[C@@H](N2CCN(Cc3ccc(Br)cn3)CC2)CCN1Cc1ccccc1. The van der Waals surface area contributed by atoms with Crippen LogP contribution in [0.5, 0.6) is 0 Å². The van der Waals surface area contributed by atoms with Gasteiger partial charge in [0.25, 0.3) is 0 Å². The molecule has 5 heteroatoms. The van der Waals surface area contributed by atoms with Gasteiger partial charge in [0.1, 0.15) is 0 Å². The molecule has 28 heavy (non-hydrogen) atoms. The molecule has 1 aromatic heterocycles. The maximum atomic E-state index is 4.53. The highest BCUT2D eigenvalue weighted by Crippen LogP contribution is 2.24. The Hall–Kier alpha value is -1.27. The van der Waals surface area contributed by atoms with Gasteiger partial charge in [-0.25, -0.2) is 0 Å². The van der Waals surface area contributed by atoms with E-state index in [0.717, 1.165) is 36.7 Å². The van der Waals surface area contributed by atoms with Gasteiger partial charge in [-0.3, -0.25) is 19.7 Å². The van der Waals surface area contributed by atoms with E-state index in [2.05, 4.69) is 85.0 Å². The molecule has 0 saturated carbocycles. The predicted molar refractivity (Wildman–Crippen MR) is 118 cm³/mol. The Morgan fingerprint density at radius 3 is 2.43 bits per heavy atom. The minimum Gasteiger partial charge on any atom is -0.298 e. The first kappa shape index (κ1) is 20.0. The van der Waals surface area contributed by atoms with Crippen LogP contribution in [0.3, 0.4) is 0 Å². The first-order chi connectivity index (χ1) is 13.7. The van der Waals surface area contributed by atoms with Crippen LogP contribution in [0.2, 0.25) is 0 Å². The molecular weight excluding hydrogens is 412 g/mol. The molecule has 2 saturated heterocycles. The monoisotopic (exact) mass is 442 g/mol. The van der Waals surface area contributed by atoms with E-state index in [1.807, 2.05) is 6.20 Å². The number of rotatable bonds is 5. The number of pyridine rings is 1. The number of halogens is 1. The first-order valence-electron chi connectivity index (χ1n) is 10.5. The van der Waals surface area contributed by atoms with Crippen LogP contribution in [-0.2, 0) is 13.1 Å². The molecule has 0 aliphatic carbocycles. The van der Waals surface area contributed by atoms with Gasteiger partial charge in [-0.05, 0) is 53.4 Å². The predicted octanol–water partition coefficient (Wildman–Crippen LogP) is 4.01. The normalized spacial score (nSPS) is 25.1. The minimum atomic E-state index is 0.656. The zero-order chi connectivity index (χ0) is 19.3. The molecule has 0 amide bonds. The smallest absolute Gasteiger partial charge is 0.0544 e.